The number of hydrogen-bond donors (Lipinski definition) is 2. The predicted octanol–water partition coefficient (Wildman–Crippen LogP) is 5.19. The molecule has 2 N–H and O–H groups in total. The Labute approximate surface area is 198 Å². The Morgan fingerprint density at radius 3 is 2.41 bits per heavy atom. The highest BCUT2D eigenvalue weighted by Gasteiger charge is 2.46. The van der Waals surface area contributed by atoms with Gasteiger partial charge in [-0.25, -0.2) is 0 Å². The third-order valence-electron chi connectivity index (χ3n) is 5.82. The largest absolute Gasteiger partial charge is 0.508 e. The van der Waals surface area contributed by atoms with Gasteiger partial charge in [0.05, 0.1) is 18.2 Å². The number of phenols is 1. The van der Waals surface area contributed by atoms with Crippen LogP contribution in [0.1, 0.15) is 42.5 Å². The Balaban J connectivity index is 1.78. The summed E-state index contributed by atoms with van der Waals surface area (Å²) in [7, 11) is 0. The van der Waals surface area contributed by atoms with Crippen LogP contribution >= 0.6 is 0 Å². The van der Waals surface area contributed by atoms with Crippen molar-refractivity contribution in [2.24, 2.45) is 0 Å². The van der Waals surface area contributed by atoms with Crippen molar-refractivity contribution in [1.29, 1.82) is 0 Å². The number of benzene rings is 3. The maximum atomic E-state index is 13.2. The summed E-state index contributed by atoms with van der Waals surface area (Å²) in [6, 6.07) is 21.8. The van der Waals surface area contributed by atoms with Gasteiger partial charge < -0.3 is 19.8 Å². The van der Waals surface area contributed by atoms with E-state index in [1.807, 2.05) is 30.3 Å². The number of Topliss-reactive ketones (excluding diaryl/α,β-unsaturated/α-hetero) is 1. The van der Waals surface area contributed by atoms with Gasteiger partial charge in [0.15, 0.2) is 0 Å². The lowest BCUT2D eigenvalue weighted by atomic mass is 9.95. The number of phenolic OH excluding ortho intramolecular Hbond substituents is 1. The van der Waals surface area contributed by atoms with Crippen LogP contribution in [0.15, 0.2) is 84.4 Å². The van der Waals surface area contributed by atoms with E-state index in [2.05, 4.69) is 6.92 Å². The second kappa shape index (κ2) is 10.3. The number of rotatable bonds is 8. The van der Waals surface area contributed by atoms with Crippen LogP contribution in [0.5, 0.6) is 11.5 Å². The number of unbranched alkanes of at least 4 members (excludes halogenated alkanes) is 1. The molecule has 1 saturated heterocycles. The van der Waals surface area contributed by atoms with E-state index in [-0.39, 0.29) is 23.6 Å². The molecule has 1 aliphatic rings. The lowest BCUT2D eigenvalue weighted by Gasteiger charge is -2.25. The summed E-state index contributed by atoms with van der Waals surface area (Å²) >= 11 is 0. The molecule has 1 aliphatic heterocycles. The number of likely N-dealkylation sites (tertiary alicyclic amines) is 1. The third-order valence-corrected chi connectivity index (χ3v) is 5.82. The van der Waals surface area contributed by atoms with Crippen molar-refractivity contribution in [2.75, 3.05) is 6.61 Å². The molecule has 4 rings (SSSR count). The maximum Gasteiger partial charge on any atom is 0.295 e. The van der Waals surface area contributed by atoms with Crippen LogP contribution in [0.2, 0.25) is 0 Å². The third kappa shape index (κ3) is 4.81. The van der Waals surface area contributed by atoms with Gasteiger partial charge in [-0.15, -0.1) is 0 Å². The minimum Gasteiger partial charge on any atom is -0.508 e. The fourth-order valence-electron chi connectivity index (χ4n) is 4.05. The van der Waals surface area contributed by atoms with Gasteiger partial charge in [-0.1, -0.05) is 67.9 Å². The quantitative estimate of drug-likeness (QED) is 0.210. The minimum absolute atomic E-state index is 0.0114. The van der Waals surface area contributed by atoms with E-state index >= 15 is 0 Å². The van der Waals surface area contributed by atoms with Crippen LogP contribution in [0.3, 0.4) is 0 Å². The van der Waals surface area contributed by atoms with Gasteiger partial charge in [0.2, 0.25) is 0 Å². The Morgan fingerprint density at radius 2 is 1.71 bits per heavy atom. The molecule has 0 bridgehead atoms. The fraction of sp³-hybridized carbons (Fsp3) is 0.214. The zero-order valence-corrected chi connectivity index (χ0v) is 19.0. The highest BCUT2D eigenvalue weighted by atomic mass is 16.5. The molecular formula is C28H27NO5. The number of aromatic hydroxyl groups is 1. The second-order valence-electron chi connectivity index (χ2n) is 8.23. The van der Waals surface area contributed by atoms with Crippen molar-refractivity contribution in [2.45, 2.75) is 32.4 Å². The van der Waals surface area contributed by atoms with Crippen molar-refractivity contribution < 1.29 is 24.5 Å². The standard InChI is InChI=1S/C28H27NO5/c1-2-3-16-34-23-11-7-10-21(17-23)26(31)24-25(20-12-14-22(30)15-13-20)29(28(33)27(24)32)18-19-8-5-4-6-9-19/h4-15,17,25,30-31H,2-3,16,18H2,1H3. The number of amides is 1. The Morgan fingerprint density at radius 1 is 0.971 bits per heavy atom. The highest BCUT2D eigenvalue weighted by molar-refractivity contribution is 6.46. The smallest absolute Gasteiger partial charge is 0.295 e. The normalized spacial score (nSPS) is 17.2. The summed E-state index contributed by atoms with van der Waals surface area (Å²) in [5.41, 5.74) is 1.89. The molecule has 34 heavy (non-hydrogen) atoms. The zero-order valence-electron chi connectivity index (χ0n) is 19.0. The molecule has 0 aromatic heterocycles. The Bertz CT molecular complexity index is 1200. The van der Waals surface area contributed by atoms with Crippen molar-refractivity contribution in [3.05, 3.63) is 101 Å². The van der Waals surface area contributed by atoms with E-state index in [1.165, 1.54) is 17.0 Å². The monoisotopic (exact) mass is 457 g/mol. The van der Waals surface area contributed by atoms with Gasteiger partial charge in [-0.05, 0) is 41.8 Å². The summed E-state index contributed by atoms with van der Waals surface area (Å²) in [5, 5.41) is 21.0. The van der Waals surface area contributed by atoms with E-state index in [4.69, 9.17) is 4.74 Å². The fourth-order valence-corrected chi connectivity index (χ4v) is 4.05. The SMILES string of the molecule is CCCCOc1cccc(C(O)=C2C(=O)C(=O)N(Cc3ccccc3)C2c2ccc(O)cc2)c1. The lowest BCUT2D eigenvalue weighted by Crippen LogP contribution is -2.29. The molecule has 1 fully saturated rings. The van der Waals surface area contributed by atoms with Crippen molar-refractivity contribution in [1.82, 2.24) is 4.90 Å². The van der Waals surface area contributed by atoms with Crippen LogP contribution in [0.25, 0.3) is 5.76 Å². The number of nitrogens with zero attached hydrogens (tertiary/aromatic N) is 1. The van der Waals surface area contributed by atoms with E-state index in [9.17, 15) is 19.8 Å². The second-order valence-corrected chi connectivity index (χ2v) is 8.23. The molecule has 174 valence electrons. The molecule has 0 aliphatic carbocycles. The number of ether oxygens (including phenoxy) is 1. The molecule has 0 spiro atoms. The predicted molar refractivity (Wildman–Crippen MR) is 129 cm³/mol. The zero-order chi connectivity index (χ0) is 24.1. The molecule has 3 aromatic carbocycles. The molecule has 1 heterocycles. The highest BCUT2D eigenvalue weighted by Crippen LogP contribution is 2.41. The van der Waals surface area contributed by atoms with Crippen LogP contribution in [-0.2, 0) is 16.1 Å². The molecule has 3 aromatic rings. The molecule has 0 radical (unpaired) electrons. The molecule has 6 nitrogen and oxygen atoms in total. The van der Waals surface area contributed by atoms with Crippen molar-refractivity contribution in [3.8, 4) is 11.5 Å². The van der Waals surface area contributed by atoms with E-state index in [0.717, 1.165) is 18.4 Å². The average molecular weight is 458 g/mol. The number of ketones is 1. The Hall–Kier alpha value is -4.06. The summed E-state index contributed by atoms with van der Waals surface area (Å²) in [6.07, 6.45) is 1.90. The maximum absolute atomic E-state index is 13.2. The number of aliphatic hydroxyl groups excluding tert-OH is 1. The molecule has 1 amide bonds. The number of carbonyl (C=O) groups is 2. The molecule has 6 heteroatoms. The van der Waals surface area contributed by atoms with E-state index < -0.39 is 17.7 Å². The molecule has 1 atom stereocenters. The van der Waals surface area contributed by atoms with Crippen molar-refractivity contribution >= 4 is 17.4 Å². The topological polar surface area (TPSA) is 87.1 Å². The first-order valence-electron chi connectivity index (χ1n) is 11.3. The molecular weight excluding hydrogens is 430 g/mol. The first-order chi connectivity index (χ1) is 16.5. The number of hydrogen-bond acceptors (Lipinski definition) is 5. The van der Waals surface area contributed by atoms with Crippen LogP contribution in [0.4, 0.5) is 0 Å². The van der Waals surface area contributed by atoms with Crippen LogP contribution < -0.4 is 4.74 Å². The van der Waals surface area contributed by atoms with E-state index in [1.54, 1.807) is 36.4 Å². The van der Waals surface area contributed by atoms with Crippen molar-refractivity contribution in [3.63, 3.8) is 0 Å². The number of carbonyl (C=O) groups excluding carboxylic acids is 2. The van der Waals surface area contributed by atoms with Gasteiger partial charge in [-0.2, -0.15) is 0 Å². The minimum atomic E-state index is -0.800. The van der Waals surface area contributed by atoms with E-state index in [0.29, 0.717) is 23.5 Å². The summed E-state index contributed by atoms with van der Waals surface area (Å²) in [4.78, 5) is 27.7. The van der Waals surface area contributed by atoms with Gasteiger partial charge in [0, 0.05) is 12.1 Å². The molecule has 1 unspecified atom stereocenters. The summed E-state index contributed by atoms with van der Waals surface area (Å²) in [6.45, 7) is 2.83. The first-order valence-corrected chi connectivity index (χ1v) is 11.3. The van der Waals surface area contributed by atoms with Gasteiger partial charge >= 0.3 is 0 Å². The molecule has 0 saturated carbocycles. The van der Waals surface area contributed by atoms with Crippen LogP contribution in [-0.4, -0.2) is 33.4 Å². The van der Waals surface area contributed by atoms with Gasteiger partial charge in [0.25, 0.3) is 11.7 Å². The van der Waals surface area contributed by atoms with Gasteiger partial charge in [-0.3, -0.25) is 9.59 Å². The average Bonchev–Trinajstić information content (AvgIpc) is 3.10. The van der Waals surface area contributed by atoms with Crippen LogP contribution in [0, 0.1) is 0 Å². The lowest BCUT2D eigenvalue weighted by molar-refractivity contribution is -0.140. The first kappa shape index (κ1) is 23.1. The van der Waals surface area contributed by atoms with Gasteiger partial charge in [0.1, 0.15) is 17.3 Å². The Kier molecular flexibility index (Phi) is 6.97. The summed E-state index contributed by atoms with van der Waals surface area (Å²) < 4.78 is 5.75. The summed E-state index contributed by atoms with van der Waals surface area (Å²) in [5.74, 6) is -1.03. The number of aliphatic hydroxyl groups is 1.